The smallest absolute Gasteiger partial charge is 0.434 e. The van der Waals surface area contributed by atoms with Gasteiger partial charge < -0.3 is 23.5 Å². The molecule has 19 heteroatoms. The molecule has 55 heavy (non-hydrogen) atoms. The quantitative estimate of drug-likeness (QED) is 0.166. The van der Waals surface area contributed by atoms with E-state index >= 15 is 0 Å². The van der Waals surface area contributed by atoms with Crippen LogP contribution in [-0.4, -0.2) is 75.6 Å². The van der Waals surface area contributed by atoms with Gasteiger partial charge in [0.25, 0.3) is 0 Å². The van der Waals surface area contributed by atoms with Crippen molar-refractivity contribution in [1.82, 2.24) is 30.0 Å². The fourth-order valence-electron chi connectivity index (χ4n) is 6.56. The van der Waals surface area contributed by atoms with E-state index in [-0.39, 0.29) is 30.1 Å². The van der Waals surface area contributed by atoms with Crippen molar-refractivity contribution in [2.24, 2.45) is 0 Å². The molecular weight excluding hydrogens is 740 g/mol. The number of aromatic amines is 1. The van der Waals surface area contributed by atoms with E-state index in [9.17, 15) is 35.9 Å². The van der Waals surface area contributed by atoms with E-state index < -0.39 is 53.0 Å². The number of hydrogen-bond acceptors (Lipinski definition) is 11. The molecule has 13 nitrogen and oxygen atoms in total. The third-order valence-corrected chi connectivity index (χ3v) is 9.36. The minimum atomic E-state index is -5.09. The first-order valence-electron chi connectivity index (χ1n) is 16.8. The second kappa shape index (κ2) is 14.3. The molecule has 0 saturated carbocycles. The standard InChI is InChI=1S/C36H31F6N7O6/c1-18-10-20(30-46-47-33(50)55-30)4-5-25(18)22-13-26(31(52-3)43-15-22)27-16-44-32(48-6-8-53-9-7-48)45-28(27)17-49-19(2)29(54-34(49)51)21-11-23(35(37,38)39)14-24(12-21)36(40,41)42/h4-5,10-16,19,29H,6-9,17H2,1-3H3,(H,47,50). The molecule has 2 aliphatic rings. The Hall–Kier alpha value is -5.98. The molecule has 2 aliphatic heterocycles. The summed E-state index contributed by atoms with van der Waals surface area (Å²) in [6, 6.07) is 7.19. The molecule has 0 bridgehead atoms. The maximum atomic E-state index is 13.7. The van der Waals surface area contributed by atoms with Crippen LogP contribution >= 0.6 is 0 Å². The molecule has 5 aromatic rings. The number of H-pyrrole nitrogens is 1. The number of carbonyl (C=O) groups excluding carboxylic acids is 1. The number of morpholine rings is 1. The first kappa shape index (κ1) is 37.3. The molecule has 1 N–H and O–H groups in total. The Morgan fingerprint density at radius 2 is 1.60 bits per heavy atom. The predicted molar refractivity (Wildman–Crippen MR) is 182 cm³/mol. The van der Waals surface area contributed by atoms with E-state index in [1.54, 1.807) is 30.5 Å². The van der Waals surface area contributed by atoms with Crippen molar-refractivity contribution >= 4 is 12.0 Å². The normalized spacial score (nSPS) is 17.8. The highest BCUT2D eigenvalue weighted by Gasteiger charge is 2.44. The maximum Gasteiger partial charge on any atom is 0.434 e. The fraction of sp³-hybridized carbons (Fsp3) is 0.333. The fourth-order valence-corrected chi connectivity index (χ4v) is 6.56. The number of aryl methyl sites for hydroxylation is 1. The van der Waals surface area contributed by atoms with Crippen LogP contribution in [0.2, 0.25) is 0 Å². The van der Waals surface area contributed by atoms with Gasteiger partial charge >= 0.3 is 24.2 Å². The van der Waals surface area contributed by atoms with Crippen LogP contribution in [0.25, 0.3) is 33.7 Å². The molecule has 288 valence electrons. The number of methoxy groups -OCH3 is 1. The van der Waals surface area contributed by atoms with Gasteiger partial charge in [0.2, 0.25) is 17.7 Å². The second-order valence-corrected chi connectivity index (χ2v) is 12.9. The summed E-state index contributed by atoms with van der Waals surface area (Å²) in [6.07, 6.45) is -9.49. The van der Waals surface area contributed by atoms with Crippen molar-refractivity contribution in [3.05, 3.63) is 93.4 Å². The van der Waals surface area contributed by atoms with E-state index in [1.165, 1.54) is 25.1 Å². The summed E-state index contributed by atoms with van der Waals surface area (Å²) in [5, 5.41) is 6.10. The van der Waals surface area contributed by atoms with Crippen LogP contribution in [0.15, 0.2) is 64.1 Å². The Labute approximate surface area is 307 Å². The Morgan fingerprint density at radius 1 is 0.891 bits per heavy atom. The number of ether oxygens (including phenoxy) is 3. The number of amides is 1. The number of carbonyl (C=O) groups is 1. The van der Waals surface area contributed by atoms with Gasteiger partial charge in [0.1, 0.15) is 6.10 Å². The number of nitrogens with one attached hydrogen (secondary N) is 1. The Kier molecular flexibility index (Phi) is 9.74. The average molecular weight is 772 g/mol. The van der Waals surface area contributed by atoms with Crippen molar-refractivity contribution < 1.29 is 49.8 Å². The van der Waals surface area contributed by atoms with Gasteiger partial charge in [0.05, 0.1) is 49.7 Å². The second-order valence-electron chi connectivity index (χ2n) is 12.9. The van der Waals surface area contributed by atoms with Crippen molar-refractivity contribution in [2.75, 3.05) is 38.3 Å². The zero-order chi connectivity index (χ0) is 39.2. The maximum absolute atomic E-state index is 13.7. The largest absolute Gasteiger partial charge is 0.481 e. The van der Waals surface area contributed by atoms with Gasteiger partial charge in [0, 0.05) is 47.7 Å². The first-order chi connectivity index (χ1) is 26.1. The molecule has 3 aromatic heterocycles. The predicted octanol–water partition coefficient (Wildman–Crippen LogP) is 6.82. The van der Waals surface area contributed by atoms with Gasteiger partial charge in [-0.2, -0.15) is 26.3 Å². The molecule has 0 radical (unpaired) electrons. The lowest BCUT2D eigenvalue weighted by Crippen LogP contribution is -2.38. The number of alkyl halides is 6. The number of anilines is 1. The first-order valence-corrected chi connectivity index (χ1v) is 16.8. The van der Waals surface area contributed by atoms with Crippen LogP contribution in [0.5, 0.6) is 5.88 Å². The third-order valence-electron chi connectivity index (χ3n) is 9.36. The molecule has 2 saturated heterocycles. The van der Waals surface area contributed by atoms with Crippen molar-refractivity contribution in [1.29, 1.82) is 0 Å². The Balaban J connectivity index is 1.28. The molecule has 0 spiro atoms. The van der Waals surface area contributed by atoms with Gasteiger partial charge in [-0.3, -0.25) is 4.90 Å². The van der Waals surface area contributed by atoms with E-state index in [0.717, 1.165) is 11.1 Å². The van der Waals surface area contributed by atoms with Crippen molar-refractivity contribution in [2.45, 2.75) is 44.9 Å². The van der Waals surface area contributed by atoms with Gasteiger partial charge in [-0.15, -0.1) is 5.10 Å². The molecule has 1 amide bonds. The van der Waals surface area contributed by atoms with E-state index in [0.29, 0.717) is 66.6 Å². The van der Waals surface area contributed by atoms with E-state index in [4.69, 9.17) is 23.6 Å². The van der Waals surface area contributed by atoms with Crippen LogP contribution in [0.4, 0.5) is 37.1 Å². The summed E-state index contributed by atoms with van der Waals surface area (Å²) in [4.78, 5) is 41.9. The minimum Gasteiger partial charge on any atom is -0.481 e. The molecular formula is C36H31F6N7O6. The SMILES string of the molecule is COc1ncc(-c2ccc(-c3n[nH]c(=O)o3)cc2C)cc1-c1cnc(N2CCOCC2)nc1CN1C(=O)OC(c2cc(C(F)(F)F)cc(C(F)(F)F)c2)C1C. The zero-order valence-electron chi connectivity index (χ0n) is 29.3. The number of pyridine rings is 1. The van der Waals surface area contributed by atoms with Gasteiger partial charge in [-0.25, -0.2) is 29.6 Å². The molecule has 2 atom stereocenters. The number of benzene rings is 2. The third kappa shape index (κ3) is 7.56. The minimum absolute atomic E-state index is 0.0207. The molecule has 2 fully saturated rings. The topological polar surface area (TPSA) is 149 Å². The summed E-state index contributed by atoms with van der Waals surface area (Å²) >= 11 is 0. The highest BCUT2D eigenvalue weighted by Crippen LogP contribution is 2.42. The summed E-state index contributed by atoms with van der Waals surface area (Å²) < 4.78 is 104. The van der Waals surface area contributed by atoms with Crippen LogP contribution in [0.3, 0.4) is 0 Å². The van der Waals surface area contributed by atoms with Gasteiger partial charge in [-0.05, 0) is 66.9 Å². The molecule has 0 aliphatic carbocycles. The lowest BCUT2D eigenvalue weighted by molar-refractivity contribution is -0.143. The highest BCUT2D eigenvalue weighted by atomic mass is 19.4. The molecule has 2 unspecified atom stereocenters. The molecule has 7 rings (SSSR count). The number of hydrogen-bond donors (Lipinski definition) is 1. The van der Waals surface area contributed by atoms with E-state index in [1.807, 2.05) is 11.8 Å². The van der Waals surface area contributed by atoms with Crippen LogP contribution < -0.4 is 15.4 Å². The van der Waals surface area contributed by atoms with Gasteiger partial charge in [-0.1, -0.05) is 6.07 Å². The summed E-state index contributed by atoms with van der Waals surface area (Å²) in [5.41, 5.74) is 0.315. The van der Waals surface area contributed by atoms with Gasteiger partial charge in [0.15, 0.2) is 0 Å². The summed E-state index contributed by atoms with van der Waals surface area (Å²) in [6.45, 7) is 4.81. The Bertz CT molecular complexity index is 2270. The van der Waals surface area contributed by atoms with Crippen molar-refractivity contribution in [3.8, 4) is 39.6 Å². The molecule has 2 aromatic carbocycles. The van der Waals surface area contributed by atoms with E-state index in [2.05, 4.69) is 20.2 Å². The highest BCUT2D eigenvalue weighted by molar-refractivity contribution is 5.79. The number of halogens is 6. The van der Waals surface area contributed by atoms with Crippen molar-refractivity contribution in [3.63, 3.8) is 0 Å². The number of rotatable bonds is 8. The monoisotopic (exact) mass is 771 g/mol. The summed E-state index contributed by atoms with van der Waals surface area (Å²) in [5.74, 6) is -0.0947. The number of nitrogens with zero attached hydrogens (tertiary/aromatic N) is 6. The number of cyclic esters (lactones) is 1. The average Bonchev–Trinajstić information content (AvgIpc) is 3.72. The Morgan fingerprint density at radius 3 is 2.22 bits per heavy atom. The lowest BCUT2D eigenvalue weighted by Gasteiger charge is -2.28. The van der Waals surface area contributed by atoms with Crippen LogP contribution in [0, 0.1) is 6.92 Å². The van der Waals surface area contributed by atoms with Crippen LogP contribution in [-0.2, 0) is 28.4 Å². The molecule has 5 heterocycles. The lowest BCUT2D eigenvalue weighted by atomic mass is 9.96. The number of aromatic nitrogens is 5. The summed E-state index contributed by atoms with van der Waals surface area (Å²) in [7, 11) is 1.42. The zero-order valence-corrected chi connectivity index (χ0v) is 29.3. The van der Waals surface area contributed by atoms with Crippen LogP contribution in [0.1, 0.15) is 41.0 Å².